The van der Waals surface area contributed by atoms with Crippen molar-refractivity contribution in [1.82, 2.24) is 0 Å². The number of rotatable bonds is 3. The minimum absolute atomic E-state index is 0.569. The molecule has 2 aromatic rings. The summed E-state index contributed by atoms with van der Waals surface area (Å²) in [7, 11) is 9.40. The Morgan fingerprint density at radius 3 is 1.07 bits per heavy atom. The molecule has 2 nitrogen and oxygen atoms in total. The van der Waals surface area contributed by atoms with Gasteiger partial charge < -0.3 is 0 Å². The molecule has 0 fully saturated rings. The number of hydrogen-bond donors (Lipinski definition) is 0. The van der Waals surface area contributed by atoms with Crippen LogP contribution in [0.3, 0.4) is 0 Å². The van der Waals surface area contributed by atoms with E-state index in [-0.39, 0.29) is 0 Å². The monoisotopic (exact) mass is 448 g/mol. The predicted octanol–water partition coefficient (Wildman–Crippen LogP) is 7.80. The molecular weight excluding hydrogens is 422 g/mol. The summed E-state index contributed by atoms with van der Waals surface area (Å²) in [6.45, 7) is 16.8. The molecule has 0 amide bonds. The topological polar surface area (TPSA) is 24.7 Å². The Labute approximate surface area is 178 Å². The standard InChI is InChI=1S/C22H28N2.2ClH.Ni/c1-13-9-15(3)21(16(4)10-13)23-19(7)20(8)24-22-17(5)11-14(2)12-18(22)6;;;/h9-12H,1-8H3;2*1H;/q;;;+2/p-2. The SMILES string of the molecule is CC(=Nc1c(C)cc(C)cc1C)C(C)=Nc1c(C)cc(C)cc1C.[Cl][Ni][Cl]. The van der Waals surface area contributed by atoms with E-state index in [0.717, 1.165) is 22.8 Å². The van der Waals surface area contributed by atoms with E-state index in [2.05, 4.69) is 65.8 Å². The first kappa shape index (κ1) is 23.9. The maximum atomic E-state index is 4.86. The third-order valence-electron chi connectivity index (χ3n) is 4.35. The Bertz CT molecular complexity index is 753. The Morgan fingerprint density at radius 1 is 0.630 bits per heavy atom. The Balaban J connectivity index is 0.00000114. The molecule has 2 aromatic carbocycles. The first-order chi connectivity index (χ1) is 12.6. The van der Waals surface area contributed by atoms with Gasteiger partial charge in [0.15, 0.2) is 0 Å². The number of hydrogen-bond acceptors (Lipinski definition) is 2. The number of halogens is 2. The number of nitrogens with zero attached hydrogens (tertiary/aromatic N) is 2. The zero-order valence-corrected chi connectivity index (χ0v) is 19.8. The fourth-order valence-electron chi connectivity index (χ4n) is 3.19. The number of benzene rings is 2. The van der Waals surface area contributed by atoms with Crippen LogP contribution in [-0.2, 0) is 12.7 Å². The zero-order chi connectivity index (χ0) is 20.7. The summed E-state index contributed by atoms with van der Waals surface area (Å²) in [6.07, 6.45) is 0. The molecule has 0 saturated heterocycles. The molecule has 0 N–H and O–H groups in total. The Morgan fingerprint density at radius 2 is 0.852 bits per heavy atom. The second-order valence-corrected chi connectivity index (χ2v) is 8.57. The van der Waals surface area contributed by atoms with Crippen molar-refractivity contribution in [3.63, 3.8) is 0 Å². The van der Waals surface area contributed by atoms with Crippen LogP contribution in [0.4, 0.5) is 11.4 Å². The zero-order valence-electron chi connectivity index (χ0n) is 17.3. The van der Waals surface area contributed by atoms with Crippen molar-refractivity contribution < 1.29 is 12.7 Å². The first-order valence-electron chi connectivity index (χ1n) is 8.69. The van der Waals surface area contributed by atoms with E-state index in [4.69, 9.17) is 30.4 Å². The van der Waals surface area contributed by atoms with Crippen LogP contribution in [-0.4, -0.2) is 11.4 Å². The Hall–Kier alpha value is -1.15. The molecule has 0 atom stereocenters. The van der Waals surface area contributed by atoms with Gasteiger partial charge in [0, 0.05) is 0 Å². The molecule has 5 heteroatoms. The fraction of sp³-hybridized carbons (Fsp3) is 0.364. The molecule has 0 aliphatic rings. The van der Waals surface area contributed by atoms with Gasteiger partial charge in [0.05, 0.1) is 22.8 Å². The van der Waals surface area contributed by atoms with E-state index in [0.29, 0.717) is 12.7 Å². The van der Waals surface area contributed by atoms with Crippen molar-refractivity contribution in [3.8, 4) is 0 Å². The van der Waals surface area contributed by atoms with Gasteiger partial charge in [-0.15, -0.1) is 0 Å². The van der Waals surface area contributed by atoms with Crippen LogP contribution >= 0.6 is 20.4 Å². The van der Waals surface area contributed by atoms with E-state index in [1.165, 1.54) is 33.4 Å². The second-order valence-electron chi connectivity index (χ2n) is 6.93. The number of aliphatic imine (C=N–C) groups is 2. The summed E-state index contributed by atoms with van der Waals surface area (Å²) in [5.41, 5.74) is 11.4. The van der Waals surface area contributed by atoms with Crippen LogP contribution < -0.4 is 0 Å². The molecule has 150 valence electrons. The normalized spacial score (nSPS) is 12.1. The summed E-state index contributed by atoms with van der Waals surface area (Å²) >= 11 is 0.569. The van der Waals surface area contributed by atoms with Gasteiger partial charge in [-0.25, -0.2) is 0 Å². The molecule has 0 aromatic heterocycles. The summed E-state index contributed by atoms with van der Waals surface area (Å²) in [4.78, 5) is 9.72. The van der Waals surface area contributed by atoms with Crippen LogP contribution in [0.15, 0.2) is 34.3 Å². The summed E-state index contributed by atoms with van der Waals surface area (Å²) in [5.74, 6) is 0. The quantitative estimate of drug-likeness (QED) is 0.337. The van der Waals surface area contributed by atoms with Crippen LogP contribution in [0, 0.1) is 41.5 Å². The maximum absolute atomic E-state index is 4.86. The molecule has 27 heavy (non-hydrogen) atoms. The van der Waals surface area contributed by atoms with Crippen LogP contribution in [0.5, 0.6) is 0 Å². The van der Waals surface area contributed by atoms with E-state index < -0.39 is 0 Å². The minimum atomic E-state index is 0.569. The Kier molecular flexibility index (Phi) is 9.73. The average molecular weight is 450 g/mol. The van der Waals surface area contributed by atoms with Crippen LogP contribution in [0.25, 0.3) is 0 Å². The van der Waals surface area contributed by atoms with Gasteiger partial charge in [-0.3, -0.25) is 9.98 Å². The third kappa shape index (κ3) is 7.07. The molecule has 0 aliphatic carbocycles. The van der Waals surface area contributed by atoms with Crippen molar-refractivity contribution >= 4 is 43.2 Å². The van der Waals surface area contributed by atoms with E-state index in [1.54, 1.807) is 0 Å². The van der Waals surface area contributed by atoms with Crippen molar-refractivity contribution in [2.75, 3.05) is 0 Å². The van der Waals surface area contributed by atoms with Crippen LogP contribution in [0.1, 0.15) is 47.2 Å². The van der Waals surface area contributed by atoms with E-state index in [1.807, 2.05) is 13.8 Å². The summed E-state index contributed by atoms with van der Waals surface area (Å²) < 4.78 is 0. The first-order valence-corrected chi connectivity index (χ1v) is 11.4. The molecule has 0 bridgehead atoms. The number of aryl methyl sites for hydroxylation is 6. The molecule has 2 rings (SSSR count). The molecule has 0 unspecified atom stereocenters. The van der Waals surface area contributed by atoms with Gasteiger partial charge in [0.1, 0.15) is 0 Å². The van der Waals surface area contributed by atoms with E-state index >= 15 is 0 Å². The second kappa shape index (κ2) is 11.0. The third-order valence-corrected chi connectivity index (χ3v) is 4.35. The van der Waals surface area contributed by atoms with Crippen molar-refractivity contribution in [2.24, 2.45) is 9.98 Å². The summed E-state index contributed by atoms with van der Waals surface area (Å²) in [6, 6.07) is 8.72. The molecule has 0 spiro atoms. The van der Waals surface area contributed by atoms with Gasteiger partial charge in [0.2, 0.25) is 0 Å². The average Bonchev–Trinajstić information content (AvgIpc) is 2.54. The molecule has 0 radical (unpaired) electrons. The van der Waals surface area contributed by atoms with Gasteiger partial charge in [-0.2, -0.15) is 0 Å². The predicted molar refractivity (Wildman–Crippen MR) is 119 cm³/mol. The van der Waals surface area contributed by atoms with Gasteiger partial charge in [-0.05, 0) is 77.6 Å². The van der Waals surface area contributed by atoms with Crippen molar-refractivity contribution in [3.05, 3.63) is 57.6 Å². The fourth-order valence-corrected chi connectivity index (χ4v) is 3.19. The molecule has 0 aliphatic heterocycles. The molecule has 0 saturated carbocycles. The van der Waals surface area contributed by atoms with Crippen molar-refractivity contribution in [1.29, 1.82) is 0 Å². The van der Waals surface area contributed by atoms with Gasteiger partial charge >= 0.3 is 33.0 Å². The van der Waals surface area contributed by atoms with E-state index in [9.17, 15) is 0 Å². The van der Waals surface area contributed by atoms with Gasteiger partial charge in [0.25, 0.3) is 0 Å². The summed E-state index contributed by atoms with van der Waals surface area (Å²) in [5, 5.41) is 0. The van der Waals surface area contributed by atoms with Crippen LogP contribution in [0.2, 0.25) is 0 Å². The molecule has 0 heterocycles. The molecular formula is C22H28Cl2N2Ni. The van der Waals surface area contributed by atoms with Crippen molar-refractivity contribution in [2.45, 2.75) is 55.4 Å². The van der Waals surface area contributed by atoms with Gasteiger partial charge in [-0.1, -0.05) is 35.4 Å².